The van der Waals surface area contributed by atoms with Crippen LogP contribution in [0.2, 0.25) is 0 Å². The minimum atomic E-state index is 0.0381. The van der Waals surface area contributed by atoms with Crippen molar-refractivity contribution in [2.45, 2.75) is 24.9 Å². The lowest BCUT2D eigenvalue weighted by atomic mass is 9.97. The van der Waals surface area contributed by atoms with Crippen molar-refractivity contribution in [3.05, 3.63) is 29.8 Å². The SMILES string of the molecule is O=C1CCC2Oc3ccccc3C12. The van der Waals surface area contributed by atoms with Crippen molar-refractivity contribution < 1.29 is 9.53 Å². The molecule has 13 heavy (non-hydrogen) atoms. The summed E-state index contributed by atoms with van der Waals surface area (Å²) in [4.78, 5) is 11.5. The second-order valence-electron chi connectivity index (χ2n) is 3.68. The zero-order valence-corrected chi connectivity index (χ0v) is 7.19. The van der Waals surface area contributed by atoms with Gasteiger partial charge in [0.1, 0.15) is 17.6 Å². The molecule has 2 atom stereocenters. The summed E-state index contributed by atoms with van der Waals surface area (Å²) in [7, 11) is 0. The number of ether oxygens (including phenoxy) is 1. The summed E-state index contributed by atoms with van der Waals surface area (Å²) in [5.41, 5.74) is 1.09. The summed E-state index contributed by atoms with van der Waals surface area (Å²) in [5, 5.41) is 0. The second kappa shape index (κ2) is 2.34. The molecule has 1 aliphatic carbocycles. The highest BCUT2D eigenvalue weighted by Crippen LogP contribution is 2.44. The molecule has 0 aromatic heterocycles. The zero-order chi connectivity index (χ0) is 8.84. The van der Waals surface area contributed by atoms with E-state index in [9.17, 15) is 4.79 Å². The van der Waals surface area contributed by atoms with Crippen molar-refractivity contribution in [2.75, 3.05) is 0 Å². The highest BCUT2D eigenvalue weighted by molar-refractivity contribution is 5.90. The van der Waals surface area contributed by atoms with Gasteiger partial charge in [-0.3, -0.25) is 4.79 Å². The number of fused-ring (bicyclic) bond motifs is 3. The molecule has 0 spiro atoms. The van der Waals surface area contributed by atoms with E-state index < -0.39 is 0 Å². The van der Waals surface area contributed by atoms with E-state index in [1.807, 2.05) is 24.3 Å². The Balaban J connectivity index is 2.13. The zero-order valence-electron chi connectivity index (χ0n) is 7.19. The summed E-state index contributed by atoms with van der Waals surface area (Å²) < 4.78 is 5.68. The van der Waals surface area contributed by atoms with E-state index in [0.717, 1.165) is 17.7 Å². The maximum Gasteiger partial charge on any atom is 0.144 e. The molecule has 2 aliphatic rings. The molecular formula is C11H10O2. The Bertz CT molecular complexity index is 370. The maximum absolute atomic E-state index is 11.5. The van der Waals surface area contributed by atoms with Crippen LogP contribution in [0.4, 0.5) is 0 Å². The molecule has 1 saturated carbocycles. The third kappa shape index (κ3) is 0.857. The lowest BCUT2D eigenvalue weighted by Gasteiger charge is -2.05. The topological polar surface area (TPSA) is 26.3 Å². The number of ketones is 1. The lowest BCUT2D eigenvalue weighted by Crippen LogP contribution is -2.14. The molecular weight excluding hydrogens is 164 g/mol. The highest BCUT2D eigenvalue weighted by Gasteiger charge is 2.43. The average Bonchev–Trinajstić information content (AvgIpc) is 2.66. The van der Waals surface area contributed by atoms with Crippen LogP contribution in [0.5, 0.6) is 5.75 Å². The Hall–Kier alpha value is -1.31. The smallest absolute Gasteiger partial charge is 0.144 e. The van der Waals surface area contributed by atoms with Gasteiger partial charge in [0.05, 0.1) is 5.92 Å². The van der Waals surface area contributed by atoms with Crippen molar-refractivity contribution in [1.82, 2.24) is 0 Å². The fraction of sp³-hybridized carbons (Fsp3) is 0.364. The van der Waals surface area contributed by atoms with Gasteiger partial charge in [0, 0.05) is 12.0 Å². The predicted octanol–water partition coefficient (Wildman–Crippen LogP) is 1.89. The molecule has 0 amide bonds. The minimum Gasteiger partial charge on any atom is -0.489 e. The van der Waals surface area contributed by atoms with Crippen molar-refractivity contribution in [3.8, 4) is 5.75 Å². The molecule has 2 unspecified atom stereocenters. The molecule has 0 radical (unpaired) electrons. The maximum atomic E-state index is 11.5. The molecule has 1 fully saturated rings. The van der Waals surface area contributed by atoms with Gasteiger partial charge >= 0.3 is 0 Å². The number of benzene rings is 1. The number of rotatable bonds is 0. The van der Waals surface area contributed by atoms with Crippen LogP contribution < -0.4 is 4.74 Å². The molecule has 1 aromatic rings. The number of Topliss-reactive ketones (excluding diaryl/α,β-unsaturated/α-hetero) is 1. The number of carbonyl (C=O) groups is 1. The summed E-state index contributed by atoms with van der Waals surface area (Å²) in [6.45, 7) is 0. The van der Waals surface area contributed by atoms with Gasteiger partial charge in [0.2, 0.25) is 0 Å². The van der Waals surface area contributed by atoms with Gasteiger partial charge in [-0.1, -0.05) is 18.2 Å². The largest absolute Gasteiger partial charge is 0.489 e. The van der Waals surface area contributed by atoms with Crippen LogP contribution in [0.3, 0.4) is 0 Å². The standard InChI is InChI=1S/C11H10O2/c12-8-5-6-10-11(8)7-3-1-2-4-9(7)13-10/h1-4,10-11H,5-6H2. The first kappa shape index (κ1) is 7.13. The first-order valence-electron chi connectivity index (χ1n) is 4.64. The van der Waals surface area contributed by atoms with Gasteiger partial charge in [-0.25, -0.2) is 0 Å². The molecule has 3 rings (SSSR count). The number of para-hydroxylation sites is 1. The van der Waals surface area contributed by atoms with Crippen LogP contribution in [0.1, 0.15) is 24.3 Å². The van der Waals surface area contributed by atoms with Crippen molar-refractivity contribution in [1.29, 1.82) is 0 Å². The predicted molar refractivity (Wildman–Crippen MR) is 47.8 cm³/mol. The Labute approximate surface area is 76.5 Å². The Morgan fingerprint density at radius 1 is 1.31 bits per heavy atom. The molecule has 1 heterocycles. The minimum absolute atomic E-state index is 0.0381. The van der Waals surface area contributed by atoms with Gasteiger partial charge < -0.3 is 4.74 Å². The monoisotopic (exact) mass is 174 g/mol. The third-order valence-electron chi connectivity index (χ3n) is 2.93. The Kier molecular flexibility index (Phi) is 1.29. The van der Waals surface area contributed by atoms with Crippen LogP contribution in [0.25, 0.3) is 0 Å². The van der Waals surface area contributed by atoms with E-state index in [1.165, 1.54) is 0 Å². The van der Waals surface area contributed by atoms with Crippen LogP contribution in [0, 0.1) is 0 Å². The molecule has 1 aliphatic heterocycles. The normalized spacial score (nSPS) is 29.7. The van der Waals surface area contributed by atoms with Crippen LogP contribution >= 0.6 is 0 Å². The fourth-order valence-corrected chi connectivity index (χ4v) is 2.32. The van der Waals surface area contributed by atoms with E-state index in [1.54, 1.807) is 0 Å². The lowest BCUT2D eigenvalue weighted by molar-refractivity contribution is -0.118. The van der Waals surface area contributed by atoms with Gasteiger partial charge in [-0.15, -0.1) is 0 Å². The first-order chi connectivity index (χ1) is 6.36. The van der Waals surface area contributed by atoms with Gasteiger partial charge in [-0.2, -0.15) is 0 Å². The number of hydrogen-bond acceptors (Lipinski definition) is 2. The Morgan fingerprint density at radius 3 is 3.08 bits per heavy atom. The van der Waals surface area contributed by atoms with Crippen molar-refractivity contribution in [3.63, 3.8) is 0 Å². The first-order valence-corrected chi connectivity index (χ1v) is 4.64. The van der Waals surface area contributed by atoms with Gasteiger partial charge in [0.15, 0.2) is 0 Å². The molecule has 0 bridgehead atoms. The third-order valence-corrected chi connectivity index (χ3v) is 2.93. The molecule has 1 aromatic carbocycles. The highest BCUT2D eigenvalue weighted by atomic mass is 16.5. The van der Waals surface area contributed by atoms with Crippen LogP contribution in [-0.4, -0.2) is 11.9 Å². The van der Waals surface area contributed by atoms with E-state index >= 15 is 0 Å². The van der Waals surface area contributed by atoms with Crippen molar-refractivity contribution >= 4 is 5.78 Å². The summed E-state index contributed by atoms with van der Waals surface area (Å²) in [6.07, 6.45) is 1.70. The number of carbonyl (C=O) groups excluding carboxylic acids is 1. The quantitative estimate of drug-likeness (QED) is 0.600. The van der Waals surface area contributed by atoms with Gasteiger partial charge in [-0.05, 0) is 12.5 Å². The summed E-state index contributed by atoms with van der Waals surface area (Å²) >= 11 is 0. The fourth-order valence-electron chi connectivity index (χ4n) is 2.32. The van der Waals surface area contributed by atoms with Crippen LogP contribution in [0.15, 0.2) is 24.3 Å². The number of hydrogen-bond donors (Lipinski definition) is 0. The van der Waals surface area contributed by atoms with E-state index in [2.05, 4.69) is 0 Å². The van der Waals surface area contributed by atoms with E-state index in [-0.39, 0.29) is 12.0 Å². The Morgan fingerprint density at radius 2 is 2.15 bits per heavy atom. The summed E-state index contributed by atoms with van der Waals surface area (Å²) in [5.74, 6) is 1.29. The average molecular weight is 174 g/mol. The molecule has 66 valence electrons. The summed E-state index contributed by atoms with van der Waals surface area (Å²) in [6, 6.07) is 7.87. The molecule has 0 saturated heterocycles. The van der Waals surface area contributed by atoms with Crippen LogP contribution in [-0.2, 0) is 4.79 Å². The van der Waals surface area contributed by atoms with E-state index in [4.69, 9.17) is 4.74 Å². The van der Waals surface area contributed by atoms with E-state index in [0.29, 0.717) is 12.2 Å². The molecule has 0 N–H and O–H groups in total. The molecule has 2 heteroatoms. The van der Waals surface area contributed by atoms with Gasteiger partial charge in [0.25, 0.3) is 0 Å². The molecule has 2 nitrogen and oxygen atoms in total. The second-order valence-corrected chi connectivity index (χ2v) is 3.68. The van der Waals surface area contributed by atoms with Crippen molar-refractivity contribution in [2.24, 2.45) is 0 Å².